The first kappa shape index (κ1) is 27.1. The van der Waals surface area contributed by atoms with Gasteiger partial charge in [-0.25, -0.2) is 4.99 Å². The van der Waals surface area contributed by atoms with Crippen LogP contribution in [0.5, 0.6) is 0 Å². The molecule has 9 heteroatoms. The molecule has 0 aliphatic carbocycles. The van der Waals surface area contributed by atoms with E-state index in [4.69, 9.17) is 13.9 Å². The first-order valence-corrected chi connectivity index (χ1v) is 11.4. The summed E-state index contributed by atoms with van der Waals surface area (Å²) in [5.74, 6) is 1.49. The number of hydrogen-bond acceptors (Lipinski definition) is 5. The lowest BCUT2D eigenvalue weighted by Crippen LogP contribution is -2.38. The number of guanidine groups is 1. The van der Waals surface area contributed by atoms with Gasteiger partial charge in [-0.05, 0) is 56.0 Å². The quantitative estimate of drug-likeness (QED) is 0.157. The number of amides is 1. The molecule has 182 valence electrons. The fourth-order valence-electron chi connectivity index (χ4n) is 3.39. The highest BCUT2D eigenvalue weighted by Gasteiger charge is 2.16. The normalized spacial score (nSPS) is 15.7. The van der Waals surface area contributed by atoms with Gasteiger partial charge < -0.3 is 29.8 Å². The summed E-state index contributed by atoms with van der Waals surface area (Å²) in [4.78, 5) is 17.1. The molecule has 3 N–H and O–H groups in total. The summed E-state index contributed by atoms with van der Waals surface area (Å²) in [7, 11) is 0. The minimum absolute atomic E-state index is 0. The van der Waals surface area contributed by atoms with Gasteiger partial charge in [0, 0.05) is 38.4 Å². The van der Waals surface area contributed by atoms with Crippen LogP contribution in [0.25, 0.3) is 0 Å². The van der Waals surface area contributed by atoms with Crippen molar-refractivity contribution in [1.29, 1.82) is 0 Å². The van der Waals surface area contributed by atoms with Crippen LogP contribution in [0.2, 0.25) is 0 Å². The van der Waals surface area contributed by atoms with E-state index in [1.807, 2.05) is 43.3 Å². The lowest BCUT2D eigenvalue weighted by molar-refractivity contribution is 0.0857. The van der Waals surface area contributed by atoms with Crippen molar-refractivity contribution in [3.63, 3.8) is 0 Å². The van der Waals surface area contributed by atoms with Gasteiger partial charge in [0.05, 0.1) is 18.9 Å². The number of carbonyl (C=O) groups excluding carboxylic acids is 1. The van der Waals surface area contributed by atoms with E-state index in [-0.39, 0.29) is 36.0 Å². The molecule has 2 aromatic rings. The molecule has 8 nitrogen and oxygen atoms in total. The van der Waals surface area contributed by atoms with Crippen molar-refractivity contribution >= 4 is 35.8 Å². The molecule has 1 unspecified atom stereocenters. The monoisotopic (exact) mass is 570 g/mol. The smallest absolute Gasteiger partial charge is 0.251 e. The second-order valence-electron chi connectivity index (χ2n) is 7.65. The summed E-state index contributed by atoms with van der Waals surface area (Å²) in [6.45, 7) is 6.49. The lowest BCUT2D eigenvalue weighted by atomic mass is 10.1. The summed E-state index contributed by atoms with van der Waals surface area (Å²) in [6, 6.07) is 11.3. The summed E-state index contributed by atoms with van der Waals surface area (Å²) in [5, 5.41) is 9.53. The second-order valence-corrected chi connectivity index (χ2v) is 7.65. The predicted octanol–water partition coefficient (Wildman–Crippen LogP) is 3.47. The van der Waals surface area contributed by atoms with E-state index < -0.39 is 0 Å². The van der Waals surface area contributed by atoms with Crippen LogP contribution in [0.3, 0.4) is 0 Å². The van der Waals surface area contributed by atoms with Crippen LogP contribution in [0, 0.1) is 0 Å². The molecule has 2 heterocycles. The highest BCUT2D eigenvalue weighted by Crippen LogP contribution is 2.11. The fraction of sp³-hybridized carbons (Fsp3) is 0.500. The largest absolute Gasteiger partial charge is 0.467 e. The predicted molar refractivity (Wildman–Crippen MR) is 139 cm³/mol. The Balaban J connectivity index is 0.00000385. The van der Waals surface area contributed by atoms with Crippen molar-refractivity contribution in [3.8, 4) is 0 Å². The maximum Gasteiger partial charge on any atom is 0.251 e. The minimum atomic E-state index is -0.0779. The lowest BCUT2D eigenvalue weighted by Gasteiger charge is -2.12. The van der Waals surface area contributed by atoms with Gasteiger partial charge in [-0.15, -0.1) is 24.0 Å². The standard InChI is InChI=1S/C24H34N4O4.HI/c1-2-25-24(26-11-6-12-30-18-22-10-5-14-32-22)28-16-19-7-3-8-20(15-19)23(29)27-17-21-9-4-13-31-21;/h3,5,7-8,10,14-15,21H,2,4,6,9,11-13,16-18H2,1H3,(H,27,29)(H2,25,26,28);1H. The zero-order valence-electron chi connectivity index (χ0n) is 19.2. The summed E-state index contributed by atoms with van der Waals surface area (Å²) < 4.78 is 16.4. The molecular formula is C24H35IN4O4. The van der Waals surface area contributed by atoms with E-state index in [9.17, 15) is 4.79 Å². The van der Waals surface area contributed by atoms with Gasteiger partial charge in [-0.2, -0.15) is 0 Å². The summed E-state index contributed by atoms with van der Waals surface area (Å²) >= 11 is 0. The van der Waals surface area contributed by atoms with Gasteiger partial charge in [0.15, 0.2) is 5.96 Å². The Bertz CT molecular complexity index is 839. The third-order valence-corrected chi connectivity index (χ3v) is 5.05. The van der Waals surface area contributed by atoms with Crippen molar-refractivity contribution in [2.45, 2.75) is 45.4 Å². The fourth-order valence-corrected chi connectivity index (χ4v) is 3.39. The topological polar surface area (TPSA) is 97.1 Å². The van der Waals surface area contributed by atoms with Crippen molar-refractivity contribution in [1.82, 2.24) is 16.0 Å². The second kappa shape index (κ2) is 15.7. The summed E-state index contributed by atoms with van der Waals surface area (Å²) in [5.41, 5.74) is 1.62. The van der Waals surface area contributed by atoms with Crippen molar-refractivity contribution in [2.75, 3.05) is 32.8 Å². The third kappa shape index (κ3) is 10.1. The molecule has 1 amide bonds. The van der Waals surface area contributed by atoms with Gasteiger partial charge in [-0.3, -0.25) is 4.79 Å². The van der Waals surface area contributed by atoms with E-state index in [0.717, 1.165) is 56.2 Å². The molecule has 3 rings (SSSR count). The van der Waals surface area contributed by atoms with E-state index in [1.165, 1.54) is 0 Å². The average molecular weight is 570 g/mol. The molecule has 0 bridgehead atoms. The number of hydrogen-bond donors (Lipinski definition) is 3. The SMILES string of the molecule is CCNC(=NCc1cccc(C(=O)NCC2CCCO2)c1)NCCCOCc1ccco1.I. The highest BCUT2D eigenvalue weighted by molar-refractivity contribution is 14.0. The van der Waals surface area contributed by atoms with Crippen molar-refractivity contribution < 1.29 is 18.7 Å². The molecular weight excluding hydrogens is 535 g/mol. The number of furan rings is 1. The molecule has 0 radical (unpaired) electrons. The number of ether oxygens (including phenoxy) is 2. The van der Waals surface area contributed by atoms with Crippen LogP contribution in [0.15, 0.2) is 52.1 Å². The number of nitrogens with one attached hydrogen (secondary N) is 3. The Morgan fingerprint density at radius 2 is 2.12 bits per heavy atom. The van der Waals surface area contributed by atoms with Gasteiger partial charge in [-0.1, -0.05) is 12.1 Å². The number of aliphatic imine (C=N–C) groups is 1. The van der Waals surface area contributed by atoms with Crippen LogP contribution < -0.4 is 16.0 Å². The molecule has 1 aromatic heterocycles. The number of benzene rings is 1. The van der Waals surface area contributed by atoms with E-state index in [1.54, 1.807) is 6.26 Å². The number of rotatable bonds is 12. The number of halogens is 1. The minimum Gasteiger partial charge on any atom is -0.467 e. The molecule has 1 aliphatic heterocycles. The van der Waals surface area contributed by atoms with Gasteiger partial charge in [0.1, 0.15) is 12.4 Å². The van der Waals surface area contributed by atoms with E-state index in [0.29, 0.717) is 31.9 Å². The van der Waals surface area contributed by atoms with Gasteiger partial charge >= 0.3 is 0 Å². The molecule has 0 spiro atoms. The highest BCUT2D eigenvalue weighted by atomic mass is 127. The Labute approximate surface area is 212 Å². The molecule has 1 atom stereocenters. The average Bonchev–Trinajstić information content (AvgIpc) is 3.52. The Hall–Kier alpha value is -2.11. The first-order chi connectivity index (χ1) is 15.7. The van der Waals surface area contributed by atoms with Crippen molar-refractivity contribution in [2.24, 2.45) is 4.99 Å². The maximum atomic E-state index is 12.5. The van der Waals surface area contributed by atoms with Gasteiger partial charge in [0.2, 0.25) is 0 Å². The van der Waals surface area contributed by atoms with Crippen molar-refractivity contribution in [3.05, 3.63) is 59.5 Å². The molecule has 1 fully saturated rings. The Morgan fingerprint density at radius 1 is 1.21 bits per heavy atom. The van der Waals surface area contributed by atoms with Crippen LogP contribution in [0.1, 0.15) is 47.9 Å². The van der Waals surface area contributed by atoms with Crippen LogP contribution >= 0.6 is 24.0 Å². The Kier molecular flexibility index (Phi) is 12.9. The van der Waals surface area contributed by atoms with Gasteiger partial charge in [0.25, 0.3) is 5.91 Å². The van der Waals surface area contributed by atoms with Crippen LogP contribution in [0.4, 0.5) is 0 Å². The zero-order chi connectivity index (χ0) is 22.4. The Morgan fingerprint density at radius 3 is 2.88 bits per heavy atom. The third-order valence-electron chi connectivity index (χ3n) is 5.05. The van der Waals surface area contributed by atoms with Crippen LogP contribution in [-0.2, 0) is 22.6 Å². The van der Waals surface area contributed by atoms with E-state index in [2.05, 4.69) is 20.9 Å². The molecule has 1 saturated heterocycles. The summed E-state index contributed by atoms with van der Waals surface area (Å²) in [6.07, 6.45) is 4.70. The van der Waals surface area contributed by atoms with E-state index >= 15 is 0 Å². The molecule has 33 heavy (non-hydrogen) atoms. The van der Waals surface area contributed by atoms with Crippen LogP contribution in [-0.4, -0.2) is 50.8 Å². The zero-order valence-corrected chi connectivity index (χ0v) is 21.5. The molecule has 1 aliphatic rings. The molecule has 1 aromatic carbocycles. The first-order valence-electron chi connectivity index (χ1n) is 11.4. The molecule has 0 saturated carbocycles. The maximum absolute atomic E-state index is 12.5. The number of nitrogens with zero attached hydrogens (tertiary/aromatic N) is 1. The number of carbonyl (C=O) groups is 1.